The summed E-state index contributed by atoms with van der Waals surface area (Å²) in [5.74, 6) is -0.466. The molecule has 0 aliphatic carbocycles. The van der Waals surface area contributed by atoms with Crippen LogP contribution in [0.5, 0.6) is 0 Å². The molecule has 0 bridgehead atoms. The number of nitriles is 1. The van der Waals surface area contributed by atoms with Crippen LogP contribution in [0, 0.1) is 11.3 Å². The Morgan fingerprint density at radius 1 is 1.31 bits per heavy atom. The van der Waals surface area contributed by atoms with E-state index in [1.165, 1.54) is 12.3 Å². The molecule has 3 aromatic heterocycles. The first kappa shape index (κ1) is 15.9. The van der Waals surface area contributed by atoms with Gasteiger partial charge in [-0.05, 0) is 30.3 Å². The molecule has 8 heteroatoms. The Kier molecular flexibility index (Phi) is 3.88. The number of aromatic nitrogens is 3. The van der Waals surface area contributed by atoms with Gasteiger partial charge in [-0.15, -0.1) is 0 Å². The van der Waals surface area contributed by atoms with Crippen molar-refractivity contribution in [2.75, 3.05) is 5.32 Å². The van der Waals surface area contributed by atoms with E-state index in [1.807, 2.05) is 12.1 Å². The number of amides is 1. The maximum atomic E-state index is 12.4. The Hall–Kier alpha value is -3.63. The highest BCUT2D eigenvalue weighted by Crippen LogP contribution is 2.29. The molecule has 2 N–H and O–H groups in total. The molecule has 3 heterocycles. The fraction of sp³-hybridized carbons (Fsp3) is 0. The number of furan rings is 1. The lowest BCUT2D eigenvalue weighted by molar-refractivity contribution is 0.102. The van der Waals surface area contributed by atoms with Gasteiger partial charge in [-0.3, -0.25) is 9.89 Å². The van der Waals surface area contributed by atoms with Crippen LogP contribution >= 0.6 is 11.6 Å². The van der Waals surface area contributed by atoms with Crippen LogP contribution in [0.15, 0.2) is 53.5 Å². The first-order chi connectivity index (χ1) is 12.7. The van der Waals surface area contributed by atoms with Crippen LogP contribution in [0.4, 0.5) is 5.69 Å². The summed E-state index contributed by atoms with van der Waals surface area (Å²) in [4.78, 5) is 16.4. The van der Waals surface area contributed by atoms with Crippen molar-refractivity contribution in [2.24, 2.45) is 0 Å². The van der Waals surface area contributed by atoms with Crippen LogP contribution in [-0.4, -0.2) is 21.1 Å². The first-order valence-electron chi connectivity index (χ1n) is 7.53. The number of nitrogens with one attached hydrogen (secondary N) is 2. The molecule has 1 amide bonds. The van der Waals surface area contributed by atoms with Crippen molar-refractivity contribution in [1.82, 2.24) is 15.2 Å². The molecule has 4 aromatic rings. The number of pyridine rings is 1. The van der Waals surface area contributed by atoms with Crippen LogP contribution in [0.1, 0.15) is 16.1 Å². The Labute approximate surface area is 152 Å². The Balaban J connectivity index is 1.66. The van der Waals surface area contributed by atoms with Crippen molar-refractivity contribution in [2.45, 2.75) is 0 Å². The minimum absolute atomic E-state index is 0.0491. The summed E-state index contributed by atoms with van der Waals surface area (Å²) in [6.07, 6.45) is 4.47. The highest BCUT2D eigenvalue weighted by Gasteiger charge is 2.15. The van der Waals surface area contributed by atoms with Gasteiger partial charge in [0.1, 0.15) is 17.5 Å². The zero-order valence-electron chi connectivity index (χ0n) is 13.2. The van der Waals surface area contributed by atoms with Crippen molar-refractivity contribution in [3.63, 3.8) is 0 Å². The molecule has 0 fully saturated rings. The van der Waals surface area contributed by atoms with E-state index in [9.17, 15) is 4.79 Å². The number of aromatic amines is 1. The number of carbonyl (C=O) groups is 1. The number of rotatable bonds is 3. The average Bonchev–Trinajstić information content (AvgIpc) is 3.30. The van der Waals surface area contributed by atoms with Gasteiger partial charge in [0.2, 0.25) is 0 Å². The number of halogens is 1. The Bertz CT molecular complexity index is 1160. The molecule has 0 unspecified atom stereocenters. The topological polar surface area (TPSA) is 108 Å². The van der Waals surface area contributed by atoms with Gasteiger partial charge in [0, 0.05) is 22.8 Å². The summed E-state index contributed by atoms with van der Waals surface area (Å²) in [5, 5.41) is 19.8. The minimum atomic E-state index is -0.466. The molecule has 4 rings (SSSR count). The lowest BCUT2D eigenvalue weighted by atomic mass is 10.1. The lowest BCUT2D eigenvalue weighted by Crippen LogP contribution is -2.14. The smallest absolute Gasteiger partial charge is 0.275 e. The van der Waals surface area contributed by atoms with Crippen LogP contribution in [0.2, 0.25) is 5.02 Å². The van der Waals surface area contributed by atoms with E-state index in [4.69, 9.17) is 21.3 Å². The molecule has 0 spiro atoms. The fourth-order valence-electron chi connectivity index (χ4n) is 2.57. The third kappa shape index (κ3) is 2.79. The fourth-order valence-corrected chi connectivity index (χ4v) is 2.82. The van der Waals surface area contributed by atoms with Gasteiger partial charge in [-0.25, -0.2) is 4.98 Å². The normalized spacial score (nSPS) is 10.6. The predicted molar refractivity (Wildman–Crippen MR) is 95.7 cm³/mol. The van der Waals surface area contributed by atoms with Gasteiger partial charge in [-0.2, -0.15) is 10.4 Å². The van der Waals surface area contributed by atoms with Crippen LogP contribution in [0.3, 0.4) is 0 Å². The second-order valence-electron chi connectivity index (χ2n) is 5.46. The number of hydrogen-bond donors (Lipinski definition) is 2. The highest BCUT2D eigenvalue weighted by atomic mass is 35.5. The second-order valence-corrected chi connectivity index (χ2v) is 5.87. The molecule has 0 saturated carbocycles. The third-order valence-electron chi connectivity index (χ3n) is 3.80. The predicted octanol–water partition coefficient (Wildman–Crippen LogP) is 4.00. The van der Waals surface area contributed by atoms with E-state index in [1.54, 1.807) is 30.7 Å². The van der Waals surface area contributed by atoms with Crippen molar-refractivity contribution in [3.05, 3.63) is 65.3 Å². The monoisotopic (exact) mass is 363 g/mol. The minimum Gasteiger partial charge on any atom is -0.472 e. The van der Waals surface area contributed by atoms with E-state index < -0.39 is 5.91 Å². The van der Waals surface area contributed by atoms with Gasteiger partial charge < -0.3 is 9.73 Å². The van der Waals surface area contributed by atoms with E-state index in [0.29, 0.717) is 5.69 Å². The van der Waals surface area contributed by atoms with Gasteiger partial charge in [0.25, 0.3) is 5.91 Å². The summed E-state index contributed by atoms with van der Waals surface area (Å²) >= 11 is 6.04. The van der Waals surface area contributed by atoms with Crippen LogP contribution in [0.25, 0.3) is 22.2 Å². The number of H-pyrrole nitrogens is 1. The number of benzene rings is 1. The zero-order valence-corrected chi connectivity index (χ0v) is 13.9. The lowest BCUT2D eigenvalue weighted by Gasteiger charge is -2.06. The van der Waals surface area contributed by atoms with Crippen molar-refractivity contribution in [3.8, 4) is 17.3 Å². The number of carbonyl (C=O) groups excluding carboxylic acids is 1. The molecular formula is C18H10ClN5O2. The largest absolute Gasteiger partial charge is 0.472 e. The molecule has 0 aliphatic rings. The maximum absolute atomic E-state index is 12.4. The number of anilines is 1. The number of nitrogens with zero attached hydrogens (tertiary/aromatic N) is 3. The molecule has 1 aromatic carbocycles. The highest BCUT2D eigenvalue weighted by molar-refractivity contribution is 6.34. The van der Waals surface area contributed by atoms with Gasteiger partial charge >= 0.3 is 0 Å². The maximum Gasteiger partial charge on any atom is 0.275 e. The number of hydrogen-bond acceptors (Lipinski definition) is 5. The van der Waals surface area contributed by atoms with Crippen LogP contribution < -0.4 is 5.32 Å². The van der Waals surface area contributed by atoms with Gasteiger partial charge in [0.15, 0.2) is 0 Å². The Morgan fingerprint density at radius 3 is 2.92 bits per heavy atom. The summed E-state index contributed by atoms with van der Waals surface area (Å²) < 4.78 is 5.10. The summed E-state index contributed by atoms with van der Waals surface area (Å²) in [5.41, 5.74) is 3.28. The third-order valence-corrected chi connectivity index (χ3v) is 4.09. The molecular weight excluding hydrogens is 354 g/mol. The number of fused-ring (bicyclic) bond motifs is 1. The van der Waals surface area contributed by atoms with Crippen molar-refractivity contribution < 1.29 is 9.21 Å². The van der Waals surface area contributed by atoms with E-state index in [2.05, 4.69) is 20.5 Å². The SMILES string of the molecule is N#Cc1cnc(C(=O)Nc2ccc3[nH]nc(-c4ccoc4)c3c2)c(Cl)c1. The quantitative estimate of drug-likeness (QED) is 0.572. The summed E-state index contributed by atoms with van der Waals surface area (Å²) in [6, 6.07) is 10.5. The average molecular weight is 364 g/mol. The molecule has 0 saturated heterocycles. The van der Waals surface area contributed by atoms with Crippen LogP contribution in [-0.2, 0) is 0 Å². The molecule has 26 heavy (non-hydrogen) atoms. The van der Waals surface area contributed by atoms with E-state index in [-0.39, 0.29) is 16.3 Å². The second kappa shape index (κ2) is 6.35. The standard InChI is InChI=1S/C18H10ClN5O2/c19-14-5-10(7-20)8-21-17(14)18(25)22-12-1-2-15-13(6-12)16(24-23-15)11-3-4-26-9-11/h1-6,8-9H,(H,22,25)(H,23,24). The molecule has 126 valence electrons. The van der Waals surface area contributed by atoms with Gasteiger partial charge in [-0.1, -0.05) is 11.6 Å². The van der Waals surface area contributed by atoms with Crippen molar-refractivity contribution >= 4 is 34.1 Å². The van der Waals surface area contributed by atoms with E-state index in [0.717, 1.165) is 22.2 Å². The van der Waals surface area contributed by atoms with Crippen molar-refractivity contribution in [1.29, 1.82) is 5.26 Å². The van der Waals surface area contributed by atoms with Gasteiger partial charge in [0.05, 0.1) is 28.6 Å². The first-order valence-corrected chi connectivity index (χ1v) is 7.91. The summed E-state index contributed by atoms with van der Waals surface area (Å²) in [7, 11) is 0. The molecule has 0 radical (unpaired) electrons. The van der Waals surface area contributed by atoms with E-state index >= 15 is 0 Å². The molecule has 0 aliphatic heterocycles. The summed E-state index contributed by atoms with van der Waals surface area (Å²) in [6.45, 7) is 0. The molecule has 0 atom stereocenters. The Morgan fingerprint density at radius 2 is 2.19 bits per heavy atom. The zero-order chi connectivity index (χ0) is 18.1. The molecule has 7 nitrogen and oxygen atoms in total.